The topological polar surface area (TPSA) is 26.0 Å². The highest BCUT2D eigenvalue weighted by Crippen LogP contribution is 2.26. The van der Waals surface area contributed by atoms with Crippen LogP contribution in [0.15, 0.2) is 16.8 Å². The molecule has 0 fully saturated rings. The van der Waals surface area contributed by atoms with Crippen molar-refractivity contribution in [3.8, 4) is 0 Å². The Morgan fingerprint density at radius 3 is 2.62 bits per heavy atom. The van der Waals surface area contributed by atoms with Crippen molar-refractivity contribution in [3.63, 3.8) is 0 Å². The molecule has 0 bridgehead atoms. The van der Waals surface area contributed by atoms with Gasteiger partial charge in [-0.05, 0) is 28.8 Å². The Balaban J connectivity index is 2.39. The van der Waals surface area contributed by atoms with Crippen LogP contribution in [0.3, 0.4) is 0 Å². The highest BCUT2D eigenvalue weighted by molar-refractivity contribution is 7.07. The van der Waals surface area contributed by atoms with Crippen LogP contribution >= 0.6 is 11.3 Å². The quantitative estimate of drug-likeness (QED) is 0.813. The van der Waals surface area contributed by atoms with E-state index < -0.39 is 18.6 Å². The van der Waals surface area contributed by atoms with Gasteiger partial charge in [0.05, 0.1) is 0 Å². The second-order valence-electron chi connectivity index (χ2n) is 2.82. The minimum Gasteiger partial charge on any atom is -0.324 e. The van der Waals surface area contributed by atoms with E-state index in [2.05, 4.69) is 0 Å². The fourth-order valence-electron chi connectivity index (χ4n) is 0.972. The van der Waals surface area contributed by atoms with Gasteiger partial charge in [-0.2, -0.15) is 24.5 Å². The van der Waals surface area contributed by atoms with Crippen LogP contribution in [0.4, 0.5) is 13.2 Å². The molecule has 1 heterocycles. The van der Waals surface area contributed by atoms with Crippen LogP contribution < -0.4 is 5.73 Å². The molecule has 13 heavy (non-hydrogen) atoms. The number of hydrogen-bond acceptors (Lipinski definition) is 2. The van der Waals surface area contributed by atoms with E-state index in [1.165, 1.54) is 11.3 Å². The smallest absolute Gasteiger partial charge is 0.324 e. The van der Waals surface area contributed by atoms with E-state index in [-0.39, 0.29) is 6.42 Å². The van der Waals surface area contributed by atoms with Crippen LogP contribution in [-0.4, -0.2) is 6.18 Å². The maximum absolute atomic E-state index is 11.8. The lowest BCUT2D eigenvalue weighted by molar-refractivity contribution is -0.136. The lowest BCUT2D eigenvalue weighted by Gasteiger charge is -2.11. The van der Waals surface area contributed by atoms with Crippen LogP contribution in [0.1, 0.15) is 24.4 Å². The molecular weight excluding hydrogens is 199 g/mol. The standard InChI is InChI=1S/C8H10F3NS/c9-8(10,11)3-1-7(12)6-2-4-13-5-6/h2,4-5,7H,1,3,12H2/t7-/m1/s1. The Hall–Kier alpha value is -0.550. The van der Waals surface area contributed by atoms with E-state index in [1.54, 1.807) is 11.4 Å². The lowest BCUT2D eigenvalue weighted by Crippen LogP contribution is -2.15. The molecule has 0 amide bonds. The summed E-state index contributed by atoms with van der Waals surface area (Å²) in [6, 6.07) is 1.26. The van der Waals surface area contributed by atoms with E-state index >= 15 is 0 Å². The molecule has 1 rings (SSSR count). The van der Waals surface area contributed by atoms with Gasteiger partial charge in [0, 0.05) is 12.5 Å². The molecule has 0 aliphatic rings. The van der Waals surface area contributed by atoms with Gasteiger partial charge in [-0.3, -0.25) is 0 Å². The van der Waals surface area contributed by atoms with Crippen molar-refractivity contribution >= 4 is 11.3 Å². The highest BCUT2D eigenvalue weighted by Gasteiger charge is 2.27. The molecule has 0 saturated carbocycles. The summed E-state index contributed by atoms with van der Waals surface area (Å²) in [6.07, 6.45) is -4.96. The molecule has 0 saturated heterocycles. The van der Waals surface area contributed by atoms with Crippen molar-refractivity contribution in [1.82, 2.24) is 0 Å². The Kier molecular flexibility index (Phi) is 3.33. The highest BCUT2D eigenvalue weighted by atomic mass is 32.1. The SMILES string of the molecule is N[C@H](CCC(F)(F)F)c1ccsc1. The maximum atomic E-state index is 11.8. The van der Waals surface area contributed by atoms with Crippen molar-refractivity contribution in [1.29, 1.82) is 0 Å². The summed E-state index contributed by atoms with van der Waals surface area (Å²) in [5.41, 5.74) is 6.34. The molecule has 0 spiro atoms. The van der Waals surface area contributed by atoms with Crippen LogP contribution in [0.25, 0.3) is 0 Å². The zero-order chi connectivity index (χ0) is 9.90. The van der Waals surface area contributed by atoms with E-state index in [0.717, 1.165) is 5.56 Å². The normalized spacial score (nSPS) is 14.5. The minimum absolute atomic E-state index is 0.0414. The van der Waals surface area contributed by atoms with Gasteiger partial charge in [0.25, 0.3) is 0 Å². The van der Waals surface area contributed by atoms with E-state index in [9.17, 15) is 13.2 Å². The number of halogens is 3. The average Bonchev–Trinajstić information content (AvgIpc) is 2.50. The Bertz CT molecular complexity index is 242. The number of nitrogens with two attached hydrogens (primary N) is 1. The summed E-state index contributed by atoms with van der Waals surface area (Å²) in [4.78, 5) is 0. The predicted octanol–water partition coefficient (Wildman–Crippen LogP) is 3.09. The molecule has 1 nitrogen and oxygen atoms in total. The first-order chi connectivity index (χ1) is 5.99. The van der Waals surface area contributed by atoms with Crippen molar-refractivity contribution in [3.05, 3.63) is 22.4 Å². The molecule has 1 aromatic heterocycles. The fourth-order valence-corrected chi connectivity index (χ4v) is 1.70. The van der Waals surface area contributed by atoms with Crippen molar-refractivity contribution in [2.75, 3.05) is 0 Å². The van der Waals surface area contributed by atoms with Crippen molar-refractivity contribution in [2.45, 2.75) is 25.1 Å². The Morgan fingerprint density at radius 2 is 2.15 bits per heavy atom. The Labute approximate surface area is 78.4 Å². The summed E-state index contributed by atoms with van der Waals surface area (Å²) >= 11 is 1.44. The number of hydrogen-bond donors (Lipinski definition) is 1. The molecule has 2 N–H and O–H groups in total. The second-order valence-corrected chi connectivity index (χ2v) is 3.60. The monoisotopic (exact) mass is 209 g/mol. The van der Waals surface area contributed by atoms with Gasteiger partial charge in [0.1, 0.15) is 0 Å². The zero-order valence-corrected chi connectivity index (χ0v) is 7.66. The second kappa shape index (κ2) is 4.11. The molecule has 0 unspecified atom stereocenters. The zero-order valence-electron chi connectivity index (χ0n) is 6.84. The summed E-state index contributed by atoms with van der Waals surface area (Å²) in [7, 11) is 0. The van der Waals surface area contributed by atoms with Gasteiger partial charge in [-0.25, -0.2) is 0 Å². The first-order valence-electron chi connectivity index (χ1n) is 3.83. The molecule has 0 aromatic carbocycles. The third kappa shape index (κ3) is 3.78. The summed E-state index contributed by atoms with van der Waals surface area (Å²) in [5.74, 6) is 0. The molecule has 74 valence electrons. The van der Waals surface area contributed by atoms with E-state index in [0.29, 0.717) is 0 Å². The summed E-state index contributed by atoms with van der Waals surface area (Å²) < 4.78 is 35.4. The molecule has 0 aliphatic heterocycles. The largest absolute Gasteiger partial charge is 0.389 e. The van der Waals surface area contributed by atoms with Gasteiger partial charge in [-0.15, -0.1) is 0 Å². The van der Waals surface area contributed by atoms with E-state index in [1.807, 2.05) is 5.38 Å². The molecular formula is C8H10F3NS. The van der Waals surface area contributed by atoms with Crippen LogP contribution in [0.2, 0.25) is 0 Å². The number of thiophene rings is 1. The lowest BCUT2D eigenvalue weighted by atomic mass is 10.1. The Morgan fingerprint density at radius 1 is 1.46 bits per heavy atom. The van der Waals surface area contributed by atoms with Crippen molar-refractivity contribution in [2.24, 2.45) is 5.73 Å². The van der Waals surface area contributed by atoms with Gasteiger partial charge in [-0.1, -0.05) is 0 Å². The van der Waals surface area contributed by atoms with Gasteiger partial charge in [0.2, 0.25) is 0 Å². The van der Waals surface area contributed by atoms with Crippen LogP contribution in [0.5, 0.6) is 0 Å². The first-order valence-corrected chi connectivity index (χ1v) is 4.78. The first kappa shape index (κ1) is 10.5. The molecule has 0 aliphatic carbocycles. The molecule has 1 atom stereocenters. The van der Waals surface area contributed by atoms with E-state index in [4.69, 9.17) is 5.73 Å². The van der Waals surface area contributed by atoms with Crippen molar-refractivity contribution < 1.29 is 13.2 Å². The van der Waals surface area contributed by atoms with Gasteiger partial charge < -0.3 is 5.73 Å². The summed E-state index contributed by atoms with van der Waals surface area (Å²) in [5, 5.41) is 3.59. The minimum atomic E-state index is -4.10. The summed E-state index contributed by atoms with van der Waals surface area (Å²) in [6.45, 7) is 0. The average molecular weight is 209 g/mol. The molecule has 5 heteroatoms. The third-order valence-electron chi connectivity index (χ3n) is 1.71. The predicted molar refractivity (Wildman–Crippen MR) is 46.5 cm³/mol. The molecule has 1 aromatic rings. The fraction of sp³-hybridized carbons (Fsp3) is 0.500. The number of alkyl halides is 3. The maximum Gasteiger partial charge on any atom is 0.389 e. The van der Waals surface area contributed by atoms with Gasteiger partial charge >= 0.3 is 6.18 Å². The molecule has 0 radical (unpaired) electrons. The third-order valence-corrected chi connectivity index (χ3v) is 2.41. The van der Waals surface area contributed by atoms with Crippen LogP contribution in [-0.2, 0) is 0 Å². The number of rotatable bonds is 3. The van der Waals surface area contributed by atoms with Crippen LogP contribution in [0, 0.1) is 0 Å². The van der Waals surface area contributed by atoms with Gasteiger partial charge in [0.15, 0.2) is 0 Å².